The van der Waals surface area contributed by atoms with Crippen LogP contribution in [0.2, 0.25) is 0 Å². The number of nitrogens with one attached hydrogen (secondary N) is 1. The molecular weight excluding hydrogens is 254 g/mol. The number of piperidine rings is 1. The maximum atomic E-state index is 12.3. The quantitative estimate of drug-likeness (QED) is 0.824. The second-order valence-corrected chi connectivity index (χ2v) is 6.20. The third-order valence-electron chi connectivity index (χ3n) is 3.05. The van der Waals surface area contributed by atoms with Gasteiger partial charge in [0.25, 0.3) is 0 Å². The number of sulfonamides is 1. The van der Waals surface area contributed by atoms with Crippen LogP contribution in [0.4, 0.5) is 5.82 Å². The molecule has 2 heterocycles. The van der Waals surface area contributed by atoms with Crippen LogP contribution in [-0.4, -0.2) is 49.1 Å². The summed E-state index contributed by atoms with van der Waals surface area (Å²) in [4.78, 5) is 4.20. The average Bonchev–Trinajstić information content (AvgIpc) is 2.39. The summed E-state index contributed by atoms with van der Waals surface area (Å²) in [6.07, 6.45) is 1.94. The SMILES string of the molecule is CNc1ccc(S(=O)(=O)N2CCC(O)CC2)cn1. The highest BCUT2D eigenvalue weighted by molar-refractivity contribution is 7.89. The van der Waals surface area contributed by atoms with Gasteiger partial charge in [-0.3, -0.25) is 0 Å². The van der Waals surface area contributed by atoms with E-state index in [4.69, 9.17) is 0 Å². The van der Waals surface area contributed by atoms with Gasteiger partial charge in [0.1, 0.15) is 10.7 Å². The molecular formula is C11H17N3O3S. The fourth-order valence-electron chi connectivity index (χ4n) is 1.91. The Labute approximate surface area is 107 Å². The number of anilines is 1. The van der Waals surface area contributed by atoms with E-state index < -0.39 is 10.0 Å². The first-order valence-electron chi connectivity index (χ1n) is 5.86. The van der Waals surface area contributed by atoms with Crippen molar-refractivity contribution in [1.29, 1.82) is 0 Å². The van der Waals surface area contributed by atoms with E-state index in [9.17, 15) is 13.5 Å². The maximum absolute atomic E-state index is 12.3. The first-order valence-corrected chi connectivity index (χ1v) is 7.30. The monoisotopic (exact) mass is 271 g/mol. The van der Waals surface area contributed by atoms with E-state index in [0.717, 1.165) is 0 Å². The van der Waals surface area contributed by atoms with E-state index in [-0.39, 0.29) is 11.0 Å². The second kappa shape index (κ2) is 5.21. The Balaban J connectivity index is 2.19. The molecule has 1 aliphatic heterocycles. The third-order valence-corrected chi connectivity index (χ3v) is 4.94. The Hall–Kier alpha value is -1.18. The first-order chi connectivity index (χ1) is 8.54. The van der Waals surface area contributed by atoms with Crippen molar-refractivity contribution in [3.8, 4) is 0 Å². The Morgan fingerprint density at radius 3 is 2.56 bits per heavy atom. The van der Waals surface area contributed by atoms with Gasteiger partial charge in [-0.1, -0.05) is 0 Å². The van der Waals surface area contributed by atoms with Gasteiger partial charge in [-0.2, -0.15) is 4.31 Å². The van der Waals surface area contributed by atoms with Gasteiger partial charge in [0.2, 0.25) is 10.0 Å². The summed E-state index contributed by atoms with van der Waals surface area (Å²) >= 11 is 0. The van der Waals surface area contributed by atoms with Gasteiger partial charge < -0.3 is 10.4 Å². The highest BCUT2D eigenvalue weighted by atomic mass is 32.2. The van der Waals surface area contributed by atoms with Crippen LogP contribution in [0, 0.1) is 0 Å². The summed E-state index contributed by atoms with van der Waals surface area (Å²) in [5.41, 5.74) is 0. The summed E-state index contributed by atoms with van der Waals surface area (Å²) in [7, 11) is -1.75. The lowest BCUT2D eigenvalue weighted by molar-refractivity contribution is 0.113. The molecule has 1 saturated heterocycles. The van der Waals surface area contributed by atoms with Gasteiger partial charge in [-0.05, 0) is 25.0 Å². The number of aromatic nitrogens is 1. The van der Waals surface area contributed by atoms with Crippen molar-refractivity contribution in [1.82, 2.24) is 9.29 Å². The summed E-state index contributed by atoms with van der Waals surface area (Å²) < 4.78 is 26.0. The predicted molar refractivity (Wildman–Crippen MR) is 67.8 cm³/mol. The molecule has 2 rings (SSSR count). The standard InChI is InChI=1S/C11H17N3O3S/c1-12-11-3-2-10(8-13-11)18(16,17)14-6-4-9(15)5-7-14/h2-3,8-9,15H,4-7H2,1H3,(H,12,13). The van der Waals surface area contributed by atoms with Gasteiger partial charge in [-0.25, -0.2) is 13.4 Å². The van der Waals surface area contributed by atoms with Crippen LogP contribution in [0.15, 0.2) is 23.2 Å². The van der Waals surface area contributed by atoms with E-state index in [0.29, 0.717) is 31.7 Å². The molecule has 0 atom stereocenters. The van der Waals surface area contributed by atoms with Crippen LogP contribution in [0.3, 0.4) is 0 Å². The van der Waals surface area contributed by atoms with Crippen LogP contribution >= 0.6 is 0 Å². The van der Waals surface area contributed by atoms with E-state index >= 15 is 0 Å². The van der Waals surface area contributed by atoms with Crippen LogP contribution in [0.1, 0.15) is 12.8 Å². The topological polar surface area (TPSA) is 82.5 Å². The zero-order valence-corrected chi connectivity index (χ0v) is 11.0. The van der Waals surface area contributed by atoms with Crippen molar-refractivity contribution in [2.75, 3.05) is 25.5 Å². The molecule has 0 radical (unpaired) electrons. The van der Waals surface area contributed by atoms with Crippen LogP contribution in [0.5, 0.6) is 0 Å². The van der Waals surface area contributed by atoms with E-state index in [1.54, 1.807) is 19.2 Å². The molecule has 0 spiro atoms. The summed E-state index contributed by atoms with van der Waals surface area (Å²) in [5, 5.41) is 12.2. The number of aliphatic hydroxyl groups excluding tert-OH is 1. The van der Waals surface area contributed by atoms with E-state index in [1.807, 2.05) is 0 Å². The zero-order chi connectivity index (χ0) is 13.2. The minimum absolute atomic E-state index is 0.192. The molecule has 2 N–H and O–H groups in total. The largest absolute Gasteiger partial charge is 0.393 e. The average molecular weight is 271 g/mol. The molecule has 100 valence electrons. The van der Waals surface area contributed by atoms with Crippen LogP contribution < -0.4 is 5.32 Å². The van der Waals surface area contributed by atoms with Gasteiger partial charge >= 0.3 is 0 Å². The molecule has 0 aliphatic carbocycles. The van der Waals surface area contributed by atoms with Crippen molar-refractivity contribution in [2.45, 2.75) is 23.8 Å². The highest BCUT2D eigenvalue weighted by Crippen LogP contribution is 2.20. The first kappa shape index (κ1) is 13.3. The number of hydrogen-bond donors (Lipinski definition) is 2. The Morgan fingerprint density at radius 1 is 1.39 bits per heavy atom. The van der Waals surface area contributed by atoms with Crippen LogP contribution in [0.25, 0.3) is 0 Å². The minimum Gasteiger partial charge on any atom is -0.393 e. The molecule has 0 amide bonds. The predicted octanol–water partition coefficient (Wildman–Crippen LogP) is 0.269. The van der Waals surface area contributed by atoms with Crippen molar-refractivity contribution in [2.24, 2.45) is 0 Å². The highest BCUT2D eigenvalue weighted by Gasteiger charge is 2.28. The van der Waals surface area contributed by atoms with E-state index in [1.165, 1.54) is 10.5 Å². The number of aliphatic hydroxyl groups is 1. The van der Waals surface area contributed by atoms with Crippen LogP contribution in [-0.2, 0) is 10.0 Å². The lowest BCUT2D eigenvalue weighted by Gasteiger charge is -2.28. The minimum atomic E-state index is -3.48. The molecule has 7 heteroatoms. The summed E-state index contributed by atoms with van der Waals surface area (Å²) in [5.74, 6) is 0.628. The smallest absolute Gasteiger partial charge is 0.244 e. The van der Waals surface area contributed by atoms with Crippen molar-refractivity contribution < 1.29 is 13.5 Å². The molecule has 6 nitrogen and oxygen atoms in total. The zero-order valence-electron chi connectivity index (χ0n) is 10.2. The Bertz CT molecular complexity index is 493. The molecule has 1 fully saturated rings. The van der Waals surface area contributed by atoms with E-state index in [2.05, 4.69) is 10.3 Å². The van der Waals surface area contributed by atoms with Crippen molar-refractivity contribution >= 4 is 15.8 Å². The second-order valence-electron chi connectivity index (χ2n) is 4.26. The van der Waals surface area contributed by atoms with Crippen molar-refractivity contribution in [3.63, 3.8) is 0 Å². The van der Waals surface area contributed by atoms with Gasteiger partial charge in [-0.15, -0.1) is 0 Å². The number of rotatable bonds is 3. The number of pyridine rings is 1. The molecule has 0 bridgehead atoms. The fraction of sp³-hybridized carbons (Fsp3) is 0.545. The number of nitrogens with zero attached hydrogens (tertiary/aromatic N) is 2. The third kappa shape index (κ3) is 2.63. The fourth-order valence-corrected chi connectivity index (χ4v) is 3.33. The molecule has 1 aromatic rings. The molecule has 0 aromatic carbocycles. The Kier molecular flexibility index (Phi) is 3.84. The van der Waals surface area contributed by atoms with Gasteiger partial charge in [0.15, 0.2) is 0 Å². The van der Waals surface area contributed by atoms with Crippen molar-refractivity contribution in [3.05, 3.63) is 18.3 Å². The number of hydrogen-bond acceptors (Lipinski definition) is 5. The molecule has 0 saturated carbocycles. The molecule has 0 unspecified atom stereocenters. The van der Waals surface area contributed by atoms with Gasteiger partial charge in [0.05, 0.1) is 6.10 Å². The Morgan fingerprint density at radius 2 is 2.06 bits per heavy atom. The molecule has 18 heavy (non-hydrogen) atoms. The lowest BCUT2D eigenvalue weighted by atomic mass is 10.1. The normalized spacial score (nSPS) is 18.8. The molecule has 1 aromatic heterocycles. The lowest BCUT2D eigenvalue weighted by Crippen LogP contribution is -2.40. The van der Waals surface area contributed by atoms with Gasteiger partial charge in [0, 0.05) is 26.3 Å². The molecule has 1 aliphatic rings. The summed E-state index contributed by atoms with van der Waals surface area (Å²) in [6.45, 7) is 0.717. The maximum Gasteiger partial charge on any atom is 0.244 e. The summed E-state index contributed by atoms with van der Waals surface area (Å²) in [6, 6.07) is 3.17.